The quantitative estimate of drug-likeness (QED) is 0.0363. The Hall–Kier alpha value is -1.17. The molecule has 0 aliphatic carbocycles. The van der Waals surface area contributed by atoms with Crippen LogP contribution in [-0.2, 0) is 4.79 Å². The lowest BCUT2D eigenvalue weighted by Crippen LogP contribution is -2.50. The molecule has 3 atom stereocenters. The minimum Gasteiger partial charge on any atom is -0.394 e. The Morgan fingerprint density at radius 3 is 1.05 bits per heavy atom. The highest BCUT2D eigenvalue weighted by Gasteiger charge is 2.26. The molecule has 0 heterocycles. The topological polar surface area (TPSA) is 89.8 Å². The second-order valence-corrected chi connectivity index (χ2v) is 18.8. The lowest BCUT2D eigenvalue weighted by atomic mass is 9.99. The van der Waals surface area contributed by atoms with Gasteiger partial charge in [-0.25, -0.2) is 0 Å². The first kappa shape index (κ1) is 58.8. The van der Waals surface area contributed by atoms with Gasteiger partial charge in [-0.15, -0.1) is 0 Å². The maximum atomic E-state index is 12.4. The van der Waals surface area contributed by atoms with E-state index >= 15 is 0 Å². The van der Waals surface area contributed by atoms with Gasteiger partial charge in [0.25, 0.3) is 0 Å². The van der Waals surface area contributed by atoms with Crippen molar-refractivity contribution in [1.29, 1.82) is 0 Å². The van der Waals surface area contributed by atoms with E-state index in [0.717, 1.165) is 44.9 Å². The molecule has 0 spiro atoms. The Morgan fingerprint density at radius 1 is 0.417 bits per heavy atom. The molecular weight excluding hydrogens is 739 g/mol. The molecule has 3 unspecified atom stereocenters. The number of aliphatic hydroxyl groups is 3. The van der Waals surface area contributed by atoms with Crippen LogP contribution in [0.25, 0.3) is 0 Å². The van der Waals surface area contributed by atoms with Crippen molar-refractivity contribution in [3.05, 3.63) is 24.3 Å². The van der Waals surface area contributed by atoms with Gasteiger partial charge >= 0.3 is 0 Å². The first-order valence-corrected chi connectivity index (χ1v) is 27.1. The fourth-order valence-electron chi connectivity index (χ4n) is 8.61. The zero-order chi connectivity index (χ0) is 43.7. The highest BCUT2D eigenvalue weighted by atomic mass is 16.3. The molecule has 356 valence electrons. The van der Waals surface area contributed by atoms with Crippen LogP contribution >= 0.6 is 0 Å². The molecule has 0 saturated heterocycles. The molecule has 5 heteroatoms. The average Bonchev–Trinajstić information content (AvgIpc) is 3.25. The van der Waals surface area contributed by atoms with Gasteiger partial charge in [0.15, 0.2) is 0 Å². The number of aliphatic hydroxyl groups excluding tert-OH is 3. The summed E-state index contributed by atoms with van der Waals surface area (Å²) in [5, 5.41) is 33.4. The number of carbonyl (C=O) groups excluding carboxylic acids is 1. The molecule has 5 nitrogen and oxygen atoms in total. The standard InChI is InChI=1S/C55H107NO4/c1-3-5-7-9-11-13-14-15-16-17-18-19-20-21-22-23-24-25-26-27-28-29-30-31-32-33-34-35-36-37-38-39-40-42-44-46-48-50-54(59)56-52(51-57)55(60)53(58)49-47-45-43-41-12-10-8-6-4-2/h22-23,25-26,52-53,55,57-58,60H,3-21,24,27-51H2,1-2H3,(H,56,59)/b23-22-,26-25-. The van der Waals surface area contributed by atoms with E-state index in [0.29, 0.717) is 12.8 Å². The predicted octanol–water partition coefficient (Wildman–Crippen LogP) is 16.5. The van der Waals surface area contributed by atoms with Crippen molar-refractivity contribution in [3.63, 3.8) is 0 Å². The Labute approximate surface area is 375 Å². The molecule has 1 amide bonds. The summed E-state index contributed by atoms with van der Waals surface area (Å²) in [7, 11) is 0. The van der Waals surface area contributed by atoms with Gasteiger partial charge in [-0.1, -0.05) is 269 Å². The van der Waals surface area contributed by atoms with Crippen molar-refractivity contribution in [3.8, 4) is 0 Å². The van der Waals surface area contributed by atoms with E-state index in [1.165, 1.54) is 225 Å². The number of allylic oxidation sites excluding steroid dienone is 4. The molecule has 4 N–H and O–H groups in total. The van der Waals surface area contributed by atoms with Gasteiger partial charge in [-0.05, 0) is 44.9 Å². The van der Waals surface area contributed by atoms with Crippen LogP contribution in [0.2, 0.25) is 0 Å². The lowest BCUT2D eigenvalue weighted by Gasteiger charge is -2.26. The molecule has 0 aromatic carbocycles. The van der Waals surface area contributed by atoms with Crippen molar-refractivity contribution in [1.82, 2.24) is 5.32 Å². The summed E-state index contributed by atoms with van der Waals surface area (Å²) in [4.78, 5) is 12.4. The van der Waals surface area contributed by atoms with Crippen molar-refractivity contribution >= 4 is 5.91 Å². The molecule has 0 saturated carbocycles. The highest BCUT2D eigenvalue weighted by Crippen LogP contribution is 2.17. The first-order chi connectivity index (χ1) is 29.6. The van der Waals surface area contributed by atoms with Gasteiger partial charge < -0.3 is 20.6 Å². The summed E-state index contributed by atoms with van der Waals surface area (Å²) in [6.45, 7) is 4.17. The van der Waals surface area contributed by atoms with Gasteiger partial charge in [0.05, 0.1) is 18.8 Å². The Bertz CT molecular complexity index is 890. The van der Waals surface area contributed by atoms with Gasteiger partial charge in [0.1, 0.15) is 6.10 Å². The van der Waals surface area contributed by atoms with Crippen LogP contribution in [0.15, 0.2) is 24.3 Å². The van der Waals surface area contributed by atoms with Gasteiger partial charge in [0, 0.05) is 6.42 Å². The third-order valence-electron chi connectivity index (χ3n) is 12.8. The van der Waals surface area contributed by atoms with Crippen molar-refractivity contribution in [2.45, 2.75) is 315 Å². The second-order valence-electron chi connectivity index (χ2n) is 18.8. The van der Waals surface area contributed by atoms with Crippen LogP contribution in [0, 0.1) is 0 Å². The zero-order valence-electron chi connectivity index (χ0n) is 40.6. The smallest absolute Gasteiger partial charge is 0.220 e. The number of hydrogen-bond acceptors (Lipinski definition) is 4. The Balaban J connectivity index is 3.43. The zero-order valence-corrected chi connectivity index (χ0v) is 40.6. The molecular formula is C55H107NO4. The van der Waals surface area contributed by atoms with E-state index in [1.54, 1.807) is 0 Å². The normalized spacial score (nSPS) is 13.5. The van der Waals surface area contributed by atoms with E-state index < -0.39 is 18.2 Å². The molecule has 0 rings (SSSR count). The number of unbranched alkanes of at least 4 members (excludes halogenated alkanes) is 38. The van der Waals surface area contributed by atoms with Gasteiger partial charge in [0.2, 0.25) is 5.91 Å². The molecule has 0 aliphatic heterocycles. The fourth-order valence-corrected chi connectivity index (χ4v) is 8.61. The maximum Gasteiger partial charge on any atom is 0.220 e. The van der Waals surface area contributed by atoms with Crippen LogP contribution in [0.1, 0.15) is 296 Å². The van der Waals surface area contributed by atoms with Crippen LogP contribution in [-0.4, -0.2) is 46.1 Å². The molecule has 0 bridgehead atoms. The number of carbonyl (C=O) groups is 1. The minimum atomic E-state index is -1.13. The Kier molecular flexibility index (Phi) is 49.5. The SMILES string of the molecule is CCCCCCCCCCCCCCC/C=C\C/C=C\CCCCCCCCCCCCCCCCCCCC(=O)NC(CO)C(O)C(O)CCCCCCCCCCC. The van der Waals surface area contributed by atoms with Crippen molar-refractivity contribution in [2.75, 3.05) is 6.61 Å². The molecule has 0 radical (unpaired) electrons. The third-order valence-corrected chi connectivity index (χ3v) is 12.8. The average molecular weight is 846 g/mol. The number of nitrogens with one attached hydrogen (secondary N) is 1. The highest BCUT2D eigenvalue weighted by molar-refractivity contribution is 5.76. The summed E-state index contributed by atoms with van der Waals surface area (Å²) in [6, 6.07) is -0.805. The summed E-state index contributed by atoms with van der Waals surface area (Å²) >= 11 is 0. The van der Waals surface area contributed by atoms with E-state index in [4.69, 9.17) is 0 Å². The monoisotopic (exact) mass is 846 g/mol. The largest absolute Gasteiger partial charge is 0.394 e. The lowest BCUT2D eigenvalue weighted by molar-refractivity contribution is -0.124. The summed E-state index contributed by atoms with van der Waals surface area (Å²) in [5.41, 5.74) is 0. The summed E-state index contributed by atoms with van der Waals surface area (Å²) in [6.07, 6.45) is 63.6. The summed E-state index contributed by atoms with van der Waals surface area (Å²) in [5.74, 6) is -0.143. The van der Waals surface area contributed by atoms with Gasteiger partial charge in [-0.2, -0.15) is 0 Å². The van der Waals surface area contributed by atoms with Crippen molar-refractivity contribution < 1.29 is 20.1 Å². The fraction of sp³-hybridized carbons (Fsp3) is 0.909. The number of hydrogen-bond donors (Lipinski definition) is 4. The first-order valence-electron chi connectivity index (χ1n) is 27.1. The summed E-state index contributed by atoms with van der Waals surface area (Å²) < 4.78 is 0. The van der Waals surface area contributed by atoms with Gasteiger partial charge in [-0.3, -0.25) is 4.79 Å². The van der Waals surface area contributed by atoms with E-state index in [1.807, 2.05) is 0 Å². The minimum absolute atomic E-state index is 0.143. The molecule has 0 aliphatic rings. The molecule has 0 aromatic heterocycles. The predicted molar refractivity (Wildman–Crippen MR) is 264 cm³/mol. The van der Waals surface area contributed by atoms with E-state index in [9.17, 15) is 20.1 Å². The number of rotatable bonds is 50. The maximum absolute atomic E-state index is 12.4. The van der Waals surface area contributed by atoms with Crippen LogP contribution in [0.5, 0.6) is 0 Å². The van der Waals surface area contributed by atoms with Crippen molar-refractivity contribution in [2.24, 2.45) is 0 Å². The van der Waals surface area contributed by atoms with Crippen LogP contribution in [0.4, 0.5) is 0 Å². The molecule has 0 fully saturated rings. The molecule has 0 aromatic rings. The third kappa shape index (κ3) is 44.9. The second kappa shape index (κ2) is 50.5. The van der Waals surface area contributed by atoms with Crippen LogP contribution < -0.4 is 5.32 Å². The Morgan fingerprint density at radius 2 is 0.717 bits per heavy atom. The number of amides is 1. The van der Waals surface area contributed by atoms with E-state index in [2.05, 4.69) is 43.5 Å². The van der Waals surface area contributed by atoms with Crippen LogP contribution in [0.3, 0.4) is 0 Å². The molecule has 60 heavy (non-hydrogen) atoms. The van der Waals surface area contributed by atoms with E-state index in [-0.39, 0.29) is 12.5 Å².